The van der Waals surface area contributed by atoms with Crippen LogP contribution in [0, 0.1) is 0 Å². The normalized spacial score (nSPS) is 21.6. The van der Waals surface area contributed by atoms with E-state index in [-0.39, 0.29) is 0 Å². The van der Waals surface area contributed by atoms with Crippen LogP contribution in [0.2, 0.25) is 0 Å². The predicted molar refractivity (Wildman–Crippen MR) is 79.9 cm³/mol. The average Bonchev–Trinajstić information content (AvgIpc) is 2.59. The zero-order valence-corrected chi connectivity index (χ0v) is 12.6. The van der Waals surface area contributed by atoms with Gasteiger partial charge in [0.05, 0.1) is 11.9 Å². The quantitative estimate of drug-likeness (QED) is 0.862. The number of aromatic nitrogens is 1. The Kier molecular flexibility index (Phi) is 5.45. The number of anilines is 1. The van der Waals surface area contributed by atoms with Crippen LogP contribution in [-0.2, 0) is 0 Å². The van der Waals surface area contributed by atoms with Gasteiger partial charge in [-0.3, -0.25) is 0 Å². The van der Waals surface area contributed by atoms with Crippen molar-refractivity contribution in [3.05, 3.63) is 22.9 Å². The zero-order chi connectivity index (χ0) is 12.8. The van der Waals surface area contributed by atoms with Crippen LogP contribution in [0.1, 0.15) is 32.6 Å². The van der Waals surface area contributed by atoms with Crippen molar-refractivity contribution in [2.45, 2.75) is 38.6 Å². The lowest BCUT2D eigenvalue weighted by molar-refractivity contribution is 0.285. The van der Waals surface area contributed by atoms with Crippen LogP contribution in [0.5, 0.6) is 0 Å². The Morgan fingerprint density at radius 1 is 1.39 bits per heavy atom. The van der Waals surface area contributed by atoms with E-state index in [9.17, 15) is 0 Å². The van der Waals surface area contributed by atoms with E-state index in [0.29, 0.717) is 6.04 Å². The van der Waals surface area contributed by atoms with E-state index in [1.165, 1.54) is 45.3 Å². The third kappa shape index (κ3) is 4.25. The number of likely N-dealkylation sites (tertiary alicyclic amines) is 1. The van der Waals surface area contributed by atoms with Crippen LogP contribution >= 0.6 is 15.9 Å². The van der Waals surface area contributed by atoms with Crippen molar-refractivity contribution in [2.24, 2.45) is 0 Å². The molecular weight excluding hydrogens is 290 g/mol. The lowest BCUT2D eigenvalue weighted by atomic mass is 10.1. The average molecular weight is 312 g/mol. The third-order valence-electron chi connectivity index (χ3n) is 3.46. The Balaban J connectivity index is 1.84. The van der Waals surface area contributed by atoms with Crippen LogP contribution < -0.4 is 5.32 Å². The van der Waals surface area contributed by atoms with Gasteiger partial charge in [0, 0.05) is 12.6 Å². The second-order valence-electron chi connectivity index (χ2n) is 4.98. The summed E-state index contributed by atoms with van der Waals surface area (Å²) in [6.45, 7) is 5.97. The first-order valence-electron chi connectivity index (χ1n) is 6.88. The van der Waals surface area contributed by atoms with E-state index in [1.54, 1.807) is 0 Å². The fraction of sp³-hybridized carbons (Fsp3) is 0.643. The number of nitrogens with one attached hydrogen (secondary N) is 1. The molecule has 0 aromatic carbocycles. The largest absolute Gasteiger partial charge is 0.381 e. The molecule has 0 spiro atoms. The van der Waals surface area contributed by atoms with Gasteiger partial charge < -0.3 is 10.2 Å². The fourth-order valence-electron chi connectivity index (χ4n) is 2.54. The topological polar surface area (TPSA) is 28.2 Å². The lowest BCUT2D eigenvalue weighted by Gasteiger charge is -2.20. The molecule has 2 rings (SSSR count). The molecular formula is C14H22BrN3. The maximum absolute atomic E-state index is 4.26. The summed E-state index contributed by atoms with van der Waals surface area (Å²) in [5.74, 6) is 0. The predicted octanol–water partition coefficient (Wildman–Crippen LogP) is 3.52. The highest BCUT2D eigenvalue weighted by Crippen LogP contribution is 2.17. The number of hydrogen-bond acceptors (Lipinski definition) is 3. The van der Waals surface area contributed by atoms with Gasteiger partial charge in [-0.15, -0.1) is 0 Å². The van der Waals surface area contributed by atoms with Gasteiger partial charge in [-0.05, 0) is 66.8 Å². The molecule has 1 unspecified atom stereocenters. The summed E-state index contributed by atoms with van der Waals surface area (Å²) in [5, 5.41) is 3.60. The molecule has 0 amide bonds. The first kappa shape index (κ1) is 13.8. The van der Waals surface area contributed by atoms with Gasteiger partial charge in [0.1, 0.15) is 4.60 Å². The molecule has 1 aliphatic heterocycles. The van der Waals surface area contributed by atoms with Gasteiger partial charge >= 0.3 is 0 Å². The van der Waals surface area contributed by atoms with Gasteiger partial charge in [0.2, 0.25) is 0 Å². The molecule has 0 saturated carbocycles. The molecule has 2 heterocycles. The smallest absolute Gasteiger partial charge is 0.106 e. The summed E-state index contributed by atoms with van der Waals surface area (Å²) >= 11 is 3.36. The highest BCUT2D eigenvalue weighted by atomic mass is 79.9. The lowest BCUT2D eigenvalue weighted by Crippen LogP contribution is -2.27. The maximum atomic E-state index is 4.26. The van der Waals surface area contributed by atoms with Crippen LogP contribution in [0.25, 0.3) is 0 Å². The Labute approximate surface area is 118 Å². The van der Waals surface area contributed by atoms with Crippen molar-refractivity contribution >= 4 is 21.6 Å². The van der Waals surface area contributed by atoms with Crippen molar-refractivity contribution < 1.29 is 0 Å². The molecule has 1 saturated heterocycles. The first-order valence-corrected chi connectivity index (χ1v) is 7.67. The van der Waals surface area contributed by atoms with Gasteiger partial charge in [-0.25, -0.2) is 4.98 Å². The summed E-state index contributed by atoms with van der Waals surface area (Å²) in [6.07, 6.45) is 6.95. The Morgan fingerprint density at radius 3 is 3.00 bits per heavy atom. The summed E-state index contributed by atoms with van der Waals surface area (Å²) in [4.78, 5) is 6.84. The SMILES string of the molecule is CCCN1CCCC(Nc2ccc(Br)nc2)CC1. The van der Waals surface area contributed by atoms with E-state index in [1.807, 2.05) is 12.3 Å². The standard InChI is InChI=1S/C14H22BrN3/c1-2-8-18-9-3-4-12(7-10-18)17-13-5-6-14(15)16-11-13/h5-6,11-12,17H,2-4,7-10H2,1H3. The fourth-order valence-corrected chi connectivity index (χ4v) is 2.77. The number of rotatable bonds is 4. The molecule has 3 nitrogen and oxygen atoms in total. The van der Waals surface area contributed by atoms with Crippen LogP contribution in [0.4, 0.5) is 5.69 Å². The zero-order valence-electron chi connectivity index (χ0n) is 11.0. The van der Waals surface area contributed by atoms with Crippen molar-refractivity contribution in [3.8, 4) is 0 Å². The molecule has 1 aromatic heterocycles. The molecule has 4 heteroatoms. The van der Waals surface area contributed by atoms with E-state index in [2.05, 4.69) is 44.1 Å². The Bertz CT molecular complexity index is 353. The molecule has 0 aliphatic carbocycles. The van der Waals surface area contributed by atoms with Gasteiger partial charge in [0.15, 0.2) is 0 Å². The van der Waals surface area contributed by atoms with Crippen molar-refractivity contribution in [2.75, 3.05) is 25.0 Å². The van der Waals surface area contributed by atoms with Crippen LogP contribution in [0.3, 0.4) is 0 Å². The second-order valence-corrected chi connectivity index (χ2v) is 5.80. The van der Waals surface area contributed by atoms with E-state index >= 15 is 0 Å². The number of nitrogens with zero attached hydrogens (tertiary/aromatic N) is 2. The number of pyridine rings is 1. The van der Waals surface area contributed by atoms with Crippen molar-refractivity contribution in [3.63, 3.8) is 0 Å². The van der Waals surface area contributed by atoms with Gasteiger partial charge in [-0.2, -0.15) is 0 Å². The van der Waals surface area contributed by atoms with Crippen molar-refractivity contribution in [1.29, 1.82) is 0 Å². The molecule has 100 valence electrons. The highest BCUT2D eigenvalue weighted by molar-refractivity contribution is 9.10. The monoisotopic (exact) mass is 311 g/mol. The van der Waals surface area contributed by atoms with E-state index in [0.717, 1.165) is 10.3 Å². The van der Waals surface area contributed by atoms with Gasteiger partial charge in [0.25, 0.3) is 0 Å². The summed E-state index contributed by atoms with van der Waals surface area (Å²) in [5.41, 5.74) is 1.13. The minimum absolute atomic E-state index is 0.592. The molecule has 1 atom stereocenters. The minimum atomic E-state index is 0.592. The minimum Gasteiger partial charge on any atom is -0.381 e. The van der Waals surface area contributed by atoms with Crippen LogP contribution in [0.15, 0.2) is 22.9 Å². The first-order chi connectivity index (χ1) is 8.78. The molecule has 0 radical (unpaired) electrons. The van der Waals surface area contributed by atoms with Crippen LogP contribution in [-0.4, -0.2) is 35.6 Å². The van der Waals surface area contributed by atoms with Gasteiger partial charge in [-0.1, -0.05) is 6.92 Å². The Hall–Kier alpha value is -0.610. The number of hydrogen-bond donors (Lipinski definition) is 1. The number of halogens is 1. The second kappa shape index (κ2) is 7.10. The summed E-state index contributed by atoms with van der Waals surface area (Å²) < 4.78 is 0.892. The maximum Gasteiger partial charge on any atom is 0.106 e. The third-order valence-corrected chi connectivity index (χ3v) is 3.93. The summed E-state index contributed by atoms with van der Waals surface area (Å²) in [6, 6.07) is 4.67. The Morgan fingerprint density at radius 2 is 2.28 bits per heavy atom. The molecule has 1 fully saturated rings. The molecule has 1 aliphatic rings. The molecule has 18 heavy (non-hydrogen) atoms. The molecule has 0 bridgehead atoms. The van der Waals surface area contributed by atoms with Crippen molar-refractivity contribution in [1.82, 2.24) is 9.88 Å². The van der Waals surface area contributed by atoms with E-state index in [4.69, 9.17) is 0 Å². The molecule has 1 aromatic rings. The summed E-state index contributed by atoms with van der Waals surface area (Å²) in [7, 11) is 0. The van der Waals surface area contributed by atoms with E-state index < -0.39 is 0 Å². The highest BCUT2D eigenvalue weighted by Gasteiger charge is 2.16. The molecule has 1 N–H and O–H groups in total.